The average molecular weight is 593 g/mol. The minimum atomic E-state index is -1.75. The van der Waals surface area contributed by atoms with Gasteiger partial charge < -0.3 is 14.8 Å². The van der Waals surface area contributed by atoms with E-state index in [1.165, 1.54) is 6.08 Å². The lowest BCUT2D eigenvalue weighted by Crippen LogP contribution is -2.36. The molecule has 3 amide bonds. The molecule has 1 aliphatic heterocycles. The number of carbonyl (C=O) groups excluding carboxylic acids is 3. The highest BCUT2D eigenvalue weighted by Crippen LogP contribution is 2.35. The van der Waals surface area contributed by atoms with Crippen LogP contribution in [0.5, 0.6) is 11.5 Å². The molecular weight excluding hydrogens is 569 g/mol. The zero-order valence-electron chi connectivity index (χ0n) is 22.2. The lowest BCUT2D eigenvalue weighted by Gasteiger charge is -2.14. The van der Waals surface area contributed by atoms with Crippen molar-refractivity contribution in [1.29, 1.82) is 0 Å². The number of nitrogens with zero attached hydrogens (tertiary/aromatic N) is 1. The second-order valence-electron chi connectivity index (χ2n) is 9.11. The van der Waals surface area contributed by atoms with Crippen LogP contribution in [0.15, 0.2) is 77.7 Å². The number of nitrogens with one attached hydrogen (secondary N) is 1. The summed E-state index contributed by atoms with van der Waals surface area (Å²) in [6, 6.07) is 20.5. The van der Waals surface area contributed by atoms with Crippen LogP contribution in [0.1, 0.15) is 18.1 Å². The summed E-state index contributed by atoms with van der Waals surface area (Å²) < 4.78 is 52.4. The minimum Gasteiger partial charge on any atom is -0.490 e. The molecule has 1 fully saturated rings. The van der Waals surface area contributed by atoms with Crippen LogP contribution in [0.25, 0.3) is 16.8 Å². The standard InChI is InChI=1S/C31H23F3N2O5S/c1-2-40-25-14-18(10-13-24(25)41-17-20-8-5-7-19-6-3-4-9-21(19)20)15-26-30(38)36(31(39)42-26)16-27(37)35-23-12-11-22(32)28(33)29(23)34/h3-15H,2,16-17H2,1H3,(H,35,37)/b26-15+. The van der Waals surface area contributed by atoms with E-state index in [2.05, 4.69) is 0 Å². The van der Waals surface area contributed by atoms with Crippen molar-refractivity contribution in [3.05, 3.63) is 106 Å². The highest BCUT2D eigenvalue weighted by Gasteiger charge is 2.36. The smallest absolute Gasteiger partial charge is 0.294 e. The third kappa shape index (κ3) is 6.10. The van der Waals surface area contributed by atoms with Crippen molar-refractivity contribution < 1.29 is 37.0 Å². The van der Waals surface area contributed by atoms with Crippen molar-refractivity contribution in [2.75, 3.05) is 18.5 Å². The number of fused-ring (bicyclic) bond motifs is 1. The van der Waals surface area contributed by atoms with Gasteiger partial charge in [0.2, 0.25) is 5.91 Å². The van der Waals surface area contributed by atoms with E-state index in [9.17, 15) is 27.6 Å². The first kappa shape index (κ1) is 28.7. The first-order valence-electron chi connectivity index (χ1n) is 12.8. The molecule has 0 saturated carbocycles. The van der Waals surface area contributed by atoms with E-state index in [1.807, 2.05) is 54.7 Å². The second-order valence-corrected chi connectivity index (χ2v) is 10.1. The number of imide groups is 1. The summed E-state index contributed by atoms with van der Waals surface area (Å²) in [5.41, 5.74) is 0.937. The molecule has 1 heterocycles. The summed E-state index contributed by atoms with van der Waals surface area (Å²) in [5.74, 6) is -5.52. The molecule has 4 aromatic carbocycles. The predicted octanol–water partition coefficient (Wildman–Crippen LogP) is 6.91. The minimum absolute atomic E-state index is 0.0543. The van der Waals surface area contributed by atoms with Gasteiger partial charge in [-0.3, -0.25) is 19.3 Å². The van der Waals surface area contributed by atoms with Gasteiger partial charge in [0, 0.05) is 0 Å². The van der Waals surface area contributed by atoms with E-state index < -0.39 is 46.7 Å². The number of amides is 3. The van der Waals surface area contributed by atoms with Crippen molar-refractivity contribution in [2.45, 2.75) is 13.5 Å². The molecule has 1 aliphatic rings. The van der Waals surface area contributed by atoms with Crippen molar-refractivity contribution in [2.24, 2.45) is 0 Å². The summed E-state index contributed by atoms with van der Waals surface area (Å²) in [7, 11) is 0. The van der Waals surface area contributed by atoms with Crippen LogP contribution in [0.3, 0.4) is 0 Å². The van der Waals surface area contributed by atoms with Crippen molar-refractivity contribution in [3.63, 3.8) is 0 Å². The number of halogens is 3. The van der Waals surface area contributed by atoms with Crippen LogP contribution in [0.2, 0.25) is 0 Å². The van der Waals surface area contributed by atoms with Gasteiger partial charge in [0.15, 0.2) is 29.0 Å². The van der Waals surface area contributed by atoms with Crippen LogP contribution >= 0.6 is 11.8 Å². The van der Waals surface area contributed by atoms with E-state index >= 15 is 0 Å². The van der Waals surface area contributed by atoms with Crippen molar-refractivity contribution >= 4 is 51.4 Å². The lowest BCUT2D eigenvalue weighted by molar-refractivity contribution is -0.127. The Balaban J connectivity index is 1.29. The van der Waals surface area contributed by atoms with Gasteiger partial charge in [-0.15, -0.1) is 0 Å². The van der Waals surface area contributed by atoms with Crippen molar-refractivity contribution in [1.82, 2.24) is 4.90 Å². The number of ether oxygens (including phenoxy) is 2. The lowest BCUT2D eigenvalue weighted by atomic mass is 10.1. The van der Waals surface area contributed by atoms with E-state index in [0.717, 1.165) is 22.4 Å². The molecule has 0 unspecified atom stereocenters. The van der Waals surface area contributed by atoms with Gasteiger partial charge in [0.25, 0.3) is 11.1 Å². The molecule has 0 aliphatic carbocycles. The van der Waals surface area contributed by atoms with Gasteiger partial charge in [-0.1, -0.05) is 48.5 Å². The normalized spacial score (nSPS) is 14.1. The van der Waals surface area contributed by atoms with E-state index in [1.54, 1.807) is 18.2 Å². The summed E-state index contributed by atoms with van der Waals surface area (Å²) in [5, 5.41) is 3.51. The zero-order valence-corrected chi connectivity index (χ0v) is 23.0. The maximum Gasteiger partial charge on any atom is 0.294 e. The summed E-state index contributed by atoms with van der Waals surface area (Å²) in [6.07, 6.45) is 1.48. The molecular formula is C31H23F3N2O5S. The van der Waals surface area contributed by atoms with Gasteiger partial charge >= 0.3 is 0 Å². The molecule has 0 spiro atoms. The second kappa shape index (κ2) is 12.4. The highest BCUT2D eigenvalue weighted by molar-refractivity contribution is 8.18. The highest BCUT2D eigenvalue weighted by atomic mass is 32.2. The molecule has 0 atom stereocenters. The van der Waals surface area contributed by atoms with Crippen molar-refractivity contribution in [3.8, 4) is 11.5 Å². The van der Waals surface area contributed by atoms with Crippen LogP contribution in [-0.4, -0.2) is 35.1 Å². The fourth-order valence-corrected chi connectivity index (χ4v) is 5.16. The SMILES string of the molecule is CCOc1cc(/C=C2/SC(=O)N(CC(=O)Nc3ccc(F)c(F)c3F)C2=O)ccc1OCc1cccc2ccccc12. The summed E-state index contributed by atoms with van der Waals surface area (Å²) in [6.45, 7) is 1.74. The molecule has 214 valence electrons. The van der Waals surface area contributed by atoms with Crippen LogP contribution < -0.4 is 14.8 Å². The fourth-order valence-electron chi connectivity index (χ4n) is 4.32. The molecule has 7 nitrogen and oxygen atoms in total. The Hall–Kier alpha value is -4.77. The maximum absolute atomic E-state index is 13.9. The average Bonchev–Trinajstić information content (AvgIpc) is 3.24. The van der Waals surface area contributed by atoms with E-state index in [-0.39, 0.29) is 4.91 Å². The number of benzene rings is 4. The number of hydrogen-bond donors (Lipinski definition) is 1. The molecule has 5 rings (SSSR count). The Morgan fingerprint density at radius 1 is 0.929 bits per heavy atom. The molecule has 0 radical (unpaired) electrons. The fraction of sp³-hybridized carbons (Fsp3) is 0.129. The van der Waals surface area contributed by atoms with Crippen LogP contribution in [0.4, 0.5) is 23.7 Å². The first-order chi connectivity index (χ1) is 20.2. The molecule has 4 aromatic rings. The summed E-state index contributed by atoms with van der Waals surface area (Å²) >= 11 is 0.627. The Kier molecular flexibility index (Phi) is 8.48. The van der Waals surface area contributed by atoms with E-state index in [0.29, 0.717) is 53.0 Å². The number of anilines is 1. The Morgan fingerprint density at radius 3 is 2.52 bits per heavy atom. The maximum atomic E-state index is 13.9. The Labute approximate surface area is 242 Å². The van der Waals surface area contributed by atoms with Gasteiger partial charge in [-0.05, 0) is 70.9 Å². The third-order valence-electron chi connectivity index (χ3n) is 6.31. The van der Waals surface area contributed by atoms with Crippen LogP contribution in [0, 0.1) is 17.5 Å². The van der Waals surface area contributed by atoms with E-state index in [4.69, 9.17) is 9.47 Å². The topological polar surface area (TPSA) is 84.9 Å². The van der Waals surface area contributed by atoms with Gasteiger partial charge in [0.1, 0.15) is 13.2 Å². The van der Waals surface area contributed by atoms with Gasteiger partial charge in [0.05, 0.1) is 17.2 Å². The number of hydrogen-bond acceptors (Lipinski definition) is 6. The Morgan fingerprint density at radius 2 is 1.71 bits per heavy atom. The molecule has 42 heavy (non-hydrogen) atoms. The predicted molar refractivity (Wildman–Crippen MR) is 154 cm³/mol. The monoisotopic (exact) mass is 592 g/mol. The molecule has 1 N–H and O–H groups in total. The number of thioether (sulfide) groups is 1. The number of carbonyl (C=O) groups is 3. The molecule has 0 aromatic heterocycles. The van der Waals surface area contributed by atoms with Gasteiger partial charge in [-0.25, -0.2) is 13.2 Å². The molecule has 11 heteroatoms. The quantitative estimate of drug-likeness (QED) is 0.168. The largest absolute Gasteiger partial charge is 0.490 e. The Bertz CT molecular complexity index is 1740. The molecule has 1 saturated heterocycles. The molecule has 0 bridgehead atoms. The summed E-state index contributed by atoms with van der Waals surface area (Å²) in [4.78, 5) is 38.5. The van der Waals surface area contributed by atoms with Gasteiger partial charge in [-0.2, -0.15) is 0 Å². The third-order valence-corrected chi connectivity index (χ3v) is 7.22. The number of rotatable bonds is 9. The first-order valence-corrected chi connectivity index (χ1v) is 13.6. The van der Waals surface area contributed by atoms with Crippen LogP contribution in [-0.2, 0) is 16.2 Å². The zero-order chi connectivity index (χ0) is 29.8.